The van der Waals surface area contributed by atoms with Crippen LogP contribution in [0.4, 0.5) is 5.82 Å². The number of hydrogen-bond donors (Lipinski definition) is 2. The number of ether oxygens (including phenoxy) is 1. The molecular formula is C17H23N5O3S. The molecule has 3 saturated heterocycles. The quantitative estimate of drug-likeness (QED) is 0.817. The summed E-state index contributed by atoms with van der Waals surface area (Å²) in [4.78, 5) is 14.7. The Balaban J connectivity index is 1.46. The summed E-state index contributed by atoms with van der Waals surface area (Å²) in [6.07, 6.45) is 5.30. The Bertz CT molecular complexity index is 974. The second kappa shape index (κ2) is 5.40. The Hall–Kier alpha value is -1.71. The lowest BCUT2D eigenvalue weighted by atomic mass is 9.74. The number of aryl methyl sites for hydroxylation is 1. The van der Waals surface area contributed by atoms with E-state index in [2.05, 4.69) is 24.6 Å². The zero-order chi connectivity index (χ0) is 18.1. The van der Waals surface area contributed by atoms with Crippen LogP contribution >= 0.6 is 0 Å². The van der Waals surface area contributed by atoms with Gasteiger partial charge in [0.2, 0.25) is 10.0 Å². The van der Waals surface area contributed by atoms with Crippen LogP contribution in [-0.2, 0) is 14.8 Å². The van der Waals surface area contributed by atoms with Crippen LogP contribution in [0.1, 0.15) is 18.7 Å². The van der Waals surface area contributed by atoms with Crippen LogP contribution < -0.4 is 9.62 Å². The molecule has 1 spiro atoms. The summed E-state index contributed by atoms with van der Waals surface area (Å²) in [6, 6.07) is 1.96. The molecule has 2 bridgehead atoms. The number of fused-ring (bicyclic) bond motifs is 2. The van der Waals surface area contributed by atoms with Gasteiger partial charge in [-0.1, -0.05) is 0 Å². The highest BCUT2D eigenvalue weighted by atomic mass is 32.2. The molecule has 2 aromatic rings. The largest absolute Gasteiger partial charge is 0.369 e. The van der Waals surface area contributed by atoms with E-state index in [-0.39, 0.29) is 17.6 Å². The van der Waals surface area contributed by atoms with Crippen LogP contribution in [0.15, 0.2) is 12.3 Å². The number of sulfonamides is 1. The third-order valence-corrected chi connectivity index (χ3v) is 6.85. The van der Waals surface area contributed by atoms with Crippen molar-refractivity contribution in [2.24, 2.45) is 11.8 Å². The Morgan fingerprint density at radius 2 is 2.31 bits per heavy atom. The molecule has 5 rings (SSSR count). The molecule has 5 heterocycles. The van der Waals surface area contributed by atoms with Crippen molar-refractivity contribution in [1.82, 2.24) is 19.7 Å². The maximum Gasteiger partial charge on any atom is 0.208 e. The van der Waals surface area contributed by atoms with Crippen molar-refractivity contribution < 1.29 is 13.2 Å². The van der Waals surface area contributed by atoms with Crippen LogP contribution in [0.3, 0.4) is 0 Å². The lowest BCUT2D eigenvalue weighted by Gasteiger charge is -2.29. The molecule has 0 radical (unpaired) electrons. The van der Waals surface area contributed by atoms with Crippen molar-refractivity contribution >= 4 is 26.9 Å². The second-order valence-electron chi connectivity index (χ2n) is 7.86. The van der Waals surface area contributed by atoms with E-state index in [9.17, 15) is 8.42 Å². The first-order chi connectivity index (χ1) is 12.3. The number of hydrogen-bond acceptors (Lipinski definition) is 6. The van der Waals surface area contributed by atoms with Gasteiger partial charge >= 0.3 is 0 Å². The fourth-order valence-corrected chi connectivity index (χ4v) is 5.64. The van der Waals surface area contributed by atoms with Gasteiger partial charge in [0, 0.05) is 37.7 Å². The van der Waals surface area contributed by atoms with E-state index in [1.807, 2.05) is 19.2 Å². The molecule has 0 aromatic carbocycles. The van der Waals surface area contributed by atoms with Crippen LogP contribution in [0, 0.1) is 18.8 Å². The predicted molar refractivity (Wildman–Crippen MR) is 97.5 cm³/mol. The minimum atomic E-state index is -3.20. The number of H-pyrrole nitrogens is 1. The smallest absolute Gasteiger partial charge is 0.208 e. The van der Waals surface area contributed by atoms with E-state index in [0.717, 1.165) is 48.6 Å². The van der Waals surface area contributed by atoms with Crippen molar-refractivity contribution in [1.29, 1.82) is 0 Å². The topological polar surface area (TPSA) is 100 Å². The molecule has 9 heteroatoms. The maximum atomic E-state index is 11.5. The van der Waals surface area contributed by atoms with Gasteiger partial charge in [0.05, 0.1) is 23.5 Å². The van der Waals surface area contributed by atoms with Crippen LogP contribution in [0.25, 0.3) is 11.0 Å². The van der Waals surface area contributed by atoms with Crippen LogP contribution in [0.2, 0.25) is 0 Å². The fourth-order valence-electron chi connectivity index (χ4n) is 5.14. The number of nitrogens with one attached hydrogen (secondary N) is 2. The molecule has 0 saturated carbocycles. The molecule has 3 aliphatic heterocycles. The summed E-state index contributed by atoms with van der Waals surface area (Å²) >= 11 is 0. The van der Waals surface area contributed by atoms with Crippen molar-refractivity contribution in [2.75, 3.05) is 30.8 Å². The summed E-state index contributed by atoms with van der Waals surface area (Å²) < 4.78 is 32.2. The summed E-state index contributed by atoms with van der Waals surface area (Å²) in [5.41, 5.74) is 1.70. The van der Waals surface area contributed by atoms with Gasteiger partial charge in [-0.3, -0.25) is 0 Å². The fraction of sp³-hybridized carbons (Fsp3) is 0.647. The standard InChI is InChI=1S/C17H23N5O3S/c1-10-20-13-4-6-18-15(13)16(21-10)22-8-12-11(7-19-26(2,23)24)14-3-5-17(12,9-22)25-14/h4,6,11-12,14,18-19H,3,5,7-9H2,1-2H3/t11-,12+,14+,17+/m0/s1. The molecule has 2 aromatic heterocycles. The lowest BCUT2D eigenvalue weighted by molar-refractivity contribution is 0.0142. The van der Waals surface area contributed by atoms with Crippen molar-refractivity contribution in [2.45, 2.75) is 31.5 Å². The minimum Gasteiger partial charge on any atom is -0.369 e. The van der Waals surface area contributed by atoms with Crippen LogP contribution in [0.5, 0.6) is 0 Å². The molecule has 2 N–H and O–H groups in total. The summed E-state index contributed by atoms with van der Waals surface area (Å²) in [7, 11) is -3.20. The minimum absolute atomic E-state index is 0.161. The number of nitrogens with zero attached hydrogens (tertiary/aromatic N) is 3. The average Bonchev–Trinajstić information content (AvgIpc) is 3.30. The molecule has 26 heavy (non-hydrogen) atoms. The van der Waals surface area contributed by atoms with E-state index in [1.54, 1.807) is 0 Å². The molecular weight excluding hydrogens is 354 g/mol. The van der Waals surface area contributed by atoms with Crippen molar-refractivity contribution in [3.05, 3.63) is 18.1 Å². The van der Waals surface area contributed by atoms with E-state index < -0.39 is 10.0 Å². The molecule has 8 nitrogen and oxygen atoms in total. The normalized spacial score (nSPS) is 33.3. The summed E-state index contributed by atoms with van der Waals surface area (Å²) in [6.45, 7) is 3.99. The molecule has 0 amide bonds. The second-order valence-corrected chi connectivity index (χ2v) is 9.70. The highest BCUT2D eigenvalue weighted by Crippen LogP contribution is 2.55. The first-order valence-corrected chi connectivity index (χ1v) is 10.9. The van der Waals surface area contributed by atoms with Crippen molar-refractivity contribution in [3.63, 3.8) is 0 Å². The molecule has 0 unspecified atom stereocenters. The zero-order valence-corrected chi connectivity index (χ0v) is 15.7. The average molecular weight is 377 g/mol. The van der Waals surface area contributed by atoms with Crippen LogP contribution in [-0.4, -0.2) is 61.0 Å². The Kier molecular flexibility index (Phi) is 3.42. The van der Waals surface area contributed by atoms with E-state index in [4.69, 9.17) is 4.74 Å². The van der Waals surface area contributed by atoms with Crippen molar-refractivity contribution in [3.8, 4) is 0 Å². The van der Waals surface area contributed by atoms with Gasteiger partial charge in [0.25, 0.3) is 0 Å². The lowest BCUT2D eigenvalue weighted by Crippen LogP contribution is -2.41. The van der Waals surface area contributed by atoms with Gasteiger partial charge in [-0.05, 0) is 25.8 Å². The monoisotopic (exact) mass is 377 g/mol. The Labute approximate surface area is 152 Å². The number of anilines is 1. The summed E-state index contributed by atoms with van der Waals surface area (Å²) in [5.74, 6) is 2.20. The first kappa shape index (κ1) is 16.5. The maximum absolute atomic E-state index is 11.5. The van der Waals surface area contributed by atoms with Gasteiger partial charge in [0.15, 0.2) is 5.82 Å². The molecule has 3 fully saturated rings. The number of aromatic amines is 1. The highest BCUT2D eigenvalue weighted by Gasteiger charge is 2.63. The first-order valence-electron chi connectivity index (χ1n) is 9.04. The van der Waals surface area contributed by atoms with Gasteiger partial charge in [0.1, 0.15) is 11.3 Å². The van der Waals surface area contributed by atoms with Gasteiger partial charge in [-0.15, -0.1) is 0 Å². The zero-order valence-electron chi connectivity index (χ0n) is 14.9. The predicted octanol–water partition coefficient (Wildman–Crippen LogP) is 0.799. The third kappa shape index (κ3) is 2.44. The molecule has 4 atom stereocenters. The Morgan fingerprint density at radius 1 is 1.46 bits per heavy atom. The highest BCUT2D eigenvalue weighted by molar-refractivity contribution is 7.88. The van der Waals surface area contributed by atoms with Gasteiger partial charge < -0.3 is 14.6 Å². The SMILES string of the molecule is Cc1nc(N2C[C@@H]3[C@H](CNS(C)(=O)=O)[C@H]4CC[C@]3(C2)O4)c2[nH]ccc2n1. The molecule has 0 aliphatic carbocycles. The van der Waals surface area contributed by atoms with Gasteiger partial charge in [-0.2, -0.15) is 0 Å². The number of aromatic nitrogens is 3. The third-order valence-electron chi connectivity index (χ3n) is 6.16. The van der Waals surface area contributed by atoms with E-state index in [0.29, 0.717) is 12.5 Å². The van der Waals surface area contributed by atoms with E-state index in [1.165, 1.54) is 6.26 Å². The van der Waals surface area contributed by atoms with E-state index >= 15 is 0 Å². The molecule has 140 valence electrons. The summed E-state index contributed by atoms with van der Waals surface area (Å²) in [5, 5.41) is 0. The number of rotatable bonds is 4. The van der Waals surface area contributed by atoms with Gasteiger partial charge in [-0.25, -0.2) is 23.1 Å². The molecule has 3 aliphatic rings. The Morgan fingerprint density at radius 3 is 3.12 bits per heavy atom.